The minimum atomic E-state index is -1.11. The molecule has 4 aromatic rings. The van der Waals surface area contributed by atoms with Crippen molar-refractivity contribution in [2.45, 2.75) is 171 Å². The van der Waals surface area contributed by atoms with E-state index in [-0.39, 0.29) is 80.8 Å². The molecule has 0 spiro atoms. The van der Waals surface area contributed by atoms with Crippen LogP contribution in [-0.2, 0) is 13.1 Å². The average Bonchev–Trinajstić information content (AvgIpc) is 3.74. The molecular formula is C46H80N6Si4Sm2. The number of hydrogen-bond donors (Lipinski definition) is 0. The van der Waals surface area contributed by atoms with Gasteiger partial charge < -0.3 is 29.9 Å². The summed E-state index contributed by atoms with van der Waals surface area (Å²) in [7, 11) is -4.42. The molecule has 0 bridgehead atoms. The van der Waals surface area contributed by atoms with E-state index in [0.717, 1.165) is 22.8 Å². The summed E-state index contributed by atoms with van der Waals surface area (Å²) >= 11 is 0. The van der Waals surface area contributed by atoms with Crippen LogP contribution in [0.1, 0.15) is 113 Å². The smallest absolute Gasteiger partial charge is 0.682 e. The van der Waals surface area contributed by atoms with Crippen molar-refractivity contribution in [3.05, 3.63) is 127 Å². The van der Waals surface area contributed by atoms with Gasteiger partial charge in [-0.15, -0.1) is 24.5 Å². The SMILES string of the molecule is CC(C)c1cccc(C(C)C)c1[N-]Cc1ccc[n-]1.CC(C)c1cccc(C(C)C)c1[N-]Cc1ccc[n-]1.C[Si](C)(C)[N-][Si](C)(C)C.C[Si](C)(C)[N-][Si](C)(C)C.[Sm+3].[Sm+3]. The maximum atomic E-state index is 4.83. The zero-order chi connectivity index (χ0) is 43.1. The molecule has 0 aliphatic rings. The Kier molecular flexibility index (Phi) is 29.0. The number of aromatic nitrogens is 2. The maximum absolute atomic E-state index is 4.83. The van der Waals surface area contributed by atoms with E-state index in [4.69, 9.17) is 19.9 Å². The Morgan fingerprint density at radius 2 is 0.638 bits per heavy atom. The van der Waals surface area contributed by atoms with Crippen molar-refractivity contribution in [2.24, 2.45) is 0 Å². The molecule has 0 unspecified atom stereocenters. The van der Waals surface area contributed by atoms with Crippen molar-refractivity contribution in [1.29, 1.82) is 0 Å². The van der Waals surface area contributed by atoms with E-state index in [9.17, 15) is 0 Å². The number of nitrogens with zero attached hydrogens (tertiary/aromatic N) is 6. The van der Waals surface area contributed by atoms with Gasteiger partial charge in [-0.1, -0.05) is 250 Å². The molecule has 0 saturated carbocycles. The summed E-state index contributed by atoms with van der Waals surface area (Å²) in [6, 6.07) is 21.0. The second kappa shape index (κ2) is 28.0. The molecule has 4 rings (SSSR count). The molecule has 2 heterocycles. The average molecular weight is 1130 g/mol. The molecule has 0 atom stereocenters. The first kappa shape index (κ1) is 60.2. The molecule has 2 aromatic heterocycles. The molecule has 322 valence electrons. The zero-order valence-corrected chi connectivity index (χ0v) is 49.4. The molecule has 0 aliphatic heterocycles. The van der Waals surface area contributed by atoms with E-state index in [1.165, 1.54) is 22.3 Å². The summed E-state index contributed by atoms with van der Waals surface area (Å²) in [5.74, 6) is 1.96. The van der Waals surface area contributed by atoms with Gasteiger partial charge in [0.25, 0.3) is 0 Å². The van der Waals surface area contributed by atoms with Crippen LogP contribution in [0.25, 0.3) is 19.9 Å². The van der Waals surface area contributed by atoms with Crippen molar-refractivity contribution in [3.8, 4) is 0 Å². The Morgan fingerprint density at radius 3 is 0.793 bits per heavy atom. The fourth-order valence-corrected chi connectivity index (χ4v) is 22.7. The van der Waals surface area contributed by atoms with Gasteiger partial charge in [-0.2, -0.15) is 23.8 Å². The fourth-order valence-electron chi connectivity index (χ4n) is 6.58. The van der Waals surface area contributed by atoms with E-state index < -0.39 is 32.9 Å². The van der Waals surface area contributed by atoms with Gasteiger partial charge in [0.15, 0.2) is 0 Å². The van der Waals surface area contributed by atoms with Gasteiger partial charge in [-0.05, 0) is 23.7 Å². The Morgan fingerprint density at radius 1 is 0.397 bits per heavy atom. The minimum absolute atomic E-state index is 0. The van der Waals surface area contributed by atoms with Crippen LogP contribution in [0.4, 0.5) is 11.4 Å². The number of rotatable bonds is 14. The van der Waals surface area contributed by atoms with Gasteiger partial charge in [0.2, 0.25) is 0 Å². The second-order valence-electron chi connectivity index (χ2n) is 20.0. The third-order valence-electron chi connectivity index (χ3n) is 8.05. The Labute approximate surface area is 427 Å². The standard InChI is InChI=1S/2C17H22N2.2C6H18NSi2.2Sm/c2*1-12(2)15-8-5-9-16(13(3)4)17(15)19-11-14-7-6-10-18-14;2*1-8(2,3)7-9(4,5)6;;/h2*5-10,12-13H,11H2,1-4H3;2*1-6H3;;/q2*-2;2*-1;2*+3. The van der Waals surface area contributed by atoms with Crippen LogP contribution in [0.3, 0.4) is 0 Å². The number of hydrogen-bond acceptors (Lipinski definition) is 0. The van der Waals surface area contributed by atoms with Crippen LogP contribution < -0.4 is 9.97 Å². The molecule has 12 heteroatoms. The predicted molar refractivity (Wildman–Crippen MR) is 262 cm³/mol. The number of para-hydroxylation sites is 2. The molecule has 0 amide bonds. The van der Waals surface area contributed by atoms with Gasteiger partial charge in [-0.3, -0.25) is 0 Å². The van der Waals surface area contributed by atoms with Crippen LogP contribution in [0.15, 0.2) is 73.1 Å². The summed E-state index contributed by atoms with van der Waals surface area (Å²) in [4.78, 5) is 8.57. The monoisotopic (exact) mass is 1130 g/mol. The molecule has 0 saturated heterocycles. The van der Waals surface area contributed by atoms with Gasteiger partial charge in [0, 0.05) is 0 Å². The van der Waals surface area contributed by atoms with Crippen LogP contribution in [0.2, 0.25) is 78.6 Å². The molecule has 58 heavy (non-hydrogen) atoms. The normalized spacial score (nSPS) is 11.7. The summed E-state index contributed by atoms with van der Waals surface area (Å²) in [5.41, 5.74) is 9.72. The maximum Gasteiger partial charge on any atom is 3.00 e. The minimum Gasteiger partial charge on any atom is -0.682 e. The third kappa shape index (κ3) is 26.5. The largest absolute Gasteiger partial charge is 3.00 e. The van der Waals surface area contributed by atoms with Gasteiger partial charge >= 0.3 is 80.8 Å². The van der Waals surface area contributed by atoms with Crippen molar-refractivity contribution in [2.75, 3.05) is 0 Å². The second-order valence-corrected chi connectivity index (χ2v) is 39.1. The molecule has 2 aromatic carbocycles. The summed E-state index contributed by atoms with van der Waals surface area (Å²) in [6.07, 6.45) is 3.64. The Balaban J connectivity index is 0. The van der Waals surface area contributed by atoms with Crippen molar-refractivity contribution in [3.63, 3.8) is 0 Å². The van der Waals surface area contributed by atoms with Crippen molar-refractivity contribution in [1.82, 2.24) is 9.97 Å². The molecule has 6 nitrogen and oxygen atoms in total. The summed E-state index contributed by atoms with van der Waals surface area (Å²) < 4.78 is 9.64. The van der Waals surface area contributed by atoms with Crippen LogP contribution in [0.5, 0.6) is 0 Å². The predicted octanol–water partition coefficient (Wildman–Crippen LogP) is 16.3. The van der Waals surface area contributed by atoms with E-state index in [0.29, 0.717) is 36.8 Å². The van der Waals surface area contributed by atoms with E-state index in [1.807, 2.05) is 36.7 Å². The Hall–Kier alpha value is 0.0629. The molecule has 0 aliphatic carbocycles. The van der Waals surface area contributed by atoms with Gasteiger partial charge in [0.1, 0.15) is 0 Å². The third-order valence-corrected chi connectivity index (χ3v) is 18.8. The van der Waals surface area contributed by atoms with Crippen LogP contribution in [0, 0.1) is 80.8 Å². The van der Waals surface area contributed by atoms with E-state index in [2.05, 4.69) is 180 Å². The van der Waals surface area contributed by atoms with E-state index >= 15 is 0 Å². The fraction of sp³-hybridized carbons (Fsp3) is 0.565. The first-order chi connectivity index (χ1) is 25.6. The molecule has 0 fully saturated rings. The van der Waals surface area contributed by atoms with Crippen LogP contribution in [-0.4, -0.2) is 32.9 Å². The van der Waals surface area contributed by atoms with Gasteiger partial charge in [0.05, 0.1) is 0 Å². The zero-order valence-electron chi connectivity index (χ0n) is 40.2. The van der Waals surface area contributed by atoms with E-state index in [1.54, 1.807) is 0 Å². The Bertz CT molecular complexity index is 1450. The molecule has 2 radical (unpaired) electrons. The molecular weight excluding hydrogens is 1050 g/mol. The number of benzene rings is 2. The van der Waals surface area contributed by atoms with Crippen molar-refractivity contribution < 1.29 is 80.8 Å². The quantitative estimate of drug-likeness (QED) is 0.118. The summed E-state index contributed by atoms with van der Waals surface area (Å²) in [6.45, 7) is 46.7. The van der Waals surface area contributed by atoms with Crippen LogP contribution >= 0.6 is 0 Å². The summed E-state index contributed by atoms with van der Waals surface area (Å²) in [5, 5.41) is 9.66. The first-order valence-corrected chi connectivity index (χ1v) is 34.6. The first-order valence-electron chi connectivity index (χ1n) is 20.8. The molecule has 0 N–H and O–H groups in total. The van der Waals surface area contributed by atoms with Gasteiger partial charge in [-0.25, -0.2) is 0 Å². The van der Waals surface area contributed by atoms with Crippen molar-refractivity contribution >= 4 is 44.3 Å². The topological polar surface area (TPSA) is 84.6 Å².